The van der Waals surface area contributed by atoms with Crippen LogP contribution in [-0.4, -0.2) is 97.1 Å². The van der Waals surface area contributed by atoms with Gasteiger partial charge in [0.25, 0.3) is 0 Å². The number of likely N-dealkylation sites (tertiary alicyclic amines) is 2. The van der Waals surface area contributed by atoms with Gasteiger partial charge in [0, 0.05) is 24.5 Å². The molecule has 4 aliphatic rings. The van der Waals surface area contributed by atoms with Crippen LogP contribution in [0.25, 0.3) is 22.3 Å². The van der Waals surface area contributed by atoms with Crippen molar-refractivity contribution in [2.24, 2.45) is 17.3 Å². The maximum absolute atomic E-state index is 13.6. The van der Waals surface area contributed by atoms with Gasteiger partial charge < -0.3 is 40.5 Å². The SMILES string of the molecule is COC(=O)N[C@H](C(=O)N1CCCC1C(=O)Nc1ccc(-c2ccc(-c3ccc(NC(=O)C4CCCN4C(=O)[C@@H](NC(=O)OC)C(C)C)cc3)c3c2CC2(CCCC2)C3)cc1)C(C)C. The minimum Gasteiger partial charge on any atom is -0.453 e. The van der Waals surface area contributed by atoms with Gasteiger partial charge in [-0.3, -0.25) is 19.2 Å². The first-order chi connectivity index (χ1) is 30.2. The molecule has 6 amide bonds. The Labute approximate surface area is 370 Å². The summed E-state index contributed by atoms with van der Waals surface area (Å²) in [7, 11) is 2.51. The normalized spacial score (nSPS) is 19.7. The summed E-state index contributed by atoms with van der Waals surface area (Å²) >= 11 is 0. The molecule has 63 heavy (non-hydrogen) atoms. The van der Waals surface area contributed by atoms with Crippen LogP contribution >= 0.6 is 0 Å². The van der Waals surface area contributed by atoms with E-state index in [2.05, 4.69) is 33.4 Å². The monoisotopic (exact) mass is 862 g/mol. The summed E-state index contributed by atoms with van der Waals surface area (Å²) in [6.07, 6.45) is 7.97. The standard InChI is InChI=1S/C49H62N6O8/c1-29(2)41(52-47(60)62-5)45(58)54-25-9-11-39(54)43(56)50-33-17-13-31(14-18-33)35-21-22-36(38-28-49(27-37(35)38)23-7-8-24-49)32-15-19-34(20-16-32)51-44(57)40-12-10-26-55(40)46(59)42(30(3)4)53-48(61)63-6/h13-22,29-30,39-42H,7-12,23-28H2,1-6H3,(H,50,56)(H,51,57)(H,52,60)(H,53,61)/t39?,40?,41-,42-/m0/s1. The number of hydrogen-bond donors (Lipinski definition) is 4. The van der Waals surface area contributed by atoms with Crippen molar-refractivity contribution in [3.05, 3.63) is 71.8 Å². The number of nitrogens with zero attached hydrogens (tertiary/aromatic N) is 2. The highest BCUT2D eigenvalue weighted by Crippen LogP contribution is 2.53. The number of carbonyl (C=O) groups is 6. The van der Waals surface area contributed by atoms with Crippen molar-refractivity contribution in [3.63, 3.8) is 0 Å². The van der Waals surface area contributed by atoms with E-state index in [1.165, 1.54) is 62.2 Å². The van der Waals surface area contributed by atoms with E-state index in [-0.39, 0.29) is 40.9 Å². The summed E-state index contributed by atoms with van der Waals surface area (Å²) in [5, 5.41) is 11.3. The van der Waals surface area contributed by atoms with Gasteiger partial charge in [-0.2, -0.15) is 0 Å². The first-order valence-electron chi connectivity index (χ1n) is 22.5. The fraction of sp³-hybridized carbons (Fsp3) is 0.510. The Hall–Kier alpha value is -5.92. The van der Waals surface area contributed by atoms with E-state index in [4.69, 9.17) is 9.47 Å². The number of alkyl carbamates (subject to hydrolysis) is 2. The zero-order valence-electron chi connectivity index (χ0n) is 37.4. The molecule has 2 aliphatic heterocycles. The Morgan fingerprint density at radius 2 is 0.952 bits per heavy atom. The lowest BCUT2D eigenvalue weighted by atomic mass is 9.82. The highest BCUT2D eigenvalue weighted by molar-refractivity contribution is 6.00. The van der Waals surface area contributed by atoms with Crippen LogP contribution in [0, 0.1) is 17.3 Å². The Morgan fingerprint density at radius 3 is 1.30 bits per heavy atom. The number of rotatable bonds is 12. The first kappa shape index (κ1) is 45.1. The third-order valence-electron chi connectivity index (χ3n) is 13.6. The lowest BCUT2D eigenvalue weighted by Gasteiger charge is -2.30. The van der Waals surface area contributed by atoms with Crippen LogP contribution in [0.15, 0.2) is 60.7 Å². The highest BCUT2D eigenvalue weighted by Gasteiger charge is 2.43. The Kier molecular flexibility index (Phi) is 13.8. The van der Waals surface area contributed by atoms with E-state index in [1.54, 1.807) is 9.80 Å². The van der Waals surface area contributed by atoms with Crippen molar-refractivity contribution in [2.45, 2.75) is 116 Å². The largest absolute Gasteiger partial charge is 0.453 e. The maximum Gasteiger partial charge on any atom is 0.407 e. The number of fused-ring (bicyclic) bond motifs is 1. The molecule has 336 valence electrons. The second-order valence-corrected chi connectivity index (χ2v) is 18.4. The Morgan fingerprint density at radius 1 is 0.571 bits per heavy atom. The van der Waals surface area contributed by atoms with Gasteiger partial charge in [0.1, 0.15) is 24.2 Å². The Balaban J connectivity index is 1.05. The minimum atomic E-state index is -0.801. The second-order valence-electron chi connectivity index (χ2n) is 18.4. The molecule has 7 rings (SSSR count). The van der Waals surface area contributed by atoms with Crippen molar-refractivity contribution in [1.82, 2.24) is 20.4 Å². The van der Waals surface area contributed by atoms with E-state index >= 15 is 0 Å². The average molecular weight is 863 g/mol. The van der Waals surface area contributed by atoms with E-state index in [1.807, 2.05) is 76.2 Å². The third-order valence-corrected chi connectivity index (χ3v) is 13.6. The fourth-order valence-corrected chi connectivity index (χ4v) is 10.2. The molecule has 14 heteroatoms. The summed E-state index contributed by atoms with van der Waals surface area (Å²) in [5.41, 5.74) is 8.74. The molecule has 4 atom stereocenters. The molecule has 4 N–H and O–H groups in total. The second kappa shape index (κ2) is 19.2. The predicted octanol–water partition coefficient (Wildman–Crippen LogP) is 7.30. The topological polar surface area (TPSA) is 175 Å². The third kappa shape index (κ3) is 9.69. The molecule has 3 fully saturated rings. The van der Waals surface area contributed by atoms with Crippen molar-refractivity contribution in [1.29, 1.82) is 0 Å². The maximum atomic E-state index is 13.6. The molecule has 3 aromatic rings. The van der Waals surface area contributed by atoms with Gasteiger partial charge in [-0.05, 0) is 126 Å². The first-order valence-corrected chi connectivity index (χ1v) is 22.5. The van der Waals surface area contributed by atoms with Gasteiger partial charge in [-0.1, -0.05) is 76.9 Å². The average Bonchev–Trinajstić information content (AvgIpc) is 4.12. The van der Waals surface area contributed by atoms with Gasteiger partial charge >= 0.3 is 12.2 Å². The molecule has 0 aromatic heterocycles. The van der Waals surface area contributed by atoms with E-state index in [0.717, 1.165) is 24.0 Å². The number of amides is 6. The van der Waals surface area contributed by atoms with Gasteiger partial charge in [-0.15, -0.1) is 0 Å². The molecule has 2 aliphatic carbocycles. The van der Waals surface area contributed by atoms with Crippen molar-refractivity contribution >= 4 is 47.2 Å². The minimum absolute atomic E-state index is 0.189. The highest BCUT2D eigenvalue weighted by atomic mass is 16.5. The van der Waals surface area contributed by atoms with Crippen LogP contribution in [0.3, 0.4) is 0 Å². The van der Waals surface area contributed by atoms with Crippen LogP contribution < -0.4 is 21.3 Å². The van der Waals surface area contributed by atoms with Crippen molar-refractivity contribution in [3.8, 4) is 22.3 Å². The molecule has 1 saturated carbocycles. The summed E-state index contributed by atoms with van der Waals surface area (Å²) in [4.78, 5) is 81.4. The molecule has 0 bridgehead atoms. The number of anilines is 2. The number of methoxy groups -OCH3 is 2. The molecule has 0 radical (unpaired) electrons. The van der Waals surface area contributed by atoms with Crippen molar-refractivity contribution in [2.75, 3.05) is 37.9 Å². The number of nitrogens with one attached hydrogen (secondary N) is 4. The summed E-state index contributed by atoms with van der Waals surface area (Å²) in [6, 6.07) is 17.4. The van der Waals surface area contributed by atoms with Gasteiger partial charge in [0.2, 0.25) is 23.6 Å². The zero-order chi connectivity index (χ0) is 45.0. The van der Waals surface area contributed by atoms with Gasteiger partial charge in [0.05, 0.1) is 14.2 Å². The van der Waals surface area contributed by atoms with Crippen LogP contribution in [0.5, 0.6) is 0 Å². The van der Waals surface area contributed by atoms with Crippen LogP contribution in [0.1, 0.15) is 90.2 Å². The molecule has 1 spiro atoms. The summed E-state index contributed by atoms with van der Waals surface area (Å²) < 4.78 is 9.47. The smallest absolute Gasteiger partial charge is 0.407 e. The summed E-state index contributed by atoms with van der Waals surface area (Å²) in [5.74, 6) is -1.48. The van der Waals surface area contributed by atoms with E-state index in [9.17, 15) is 28.8 Å². The fourth-order valence-electron chi connectivity index (χ4n) is 10.2. The quantitative estimate of drug-likeness (QED) is 0.147. The molecule has 3 aromatic carbocycles. The van der Waals surface area contributed by atoms with E-state index in [0.29, 0.717) is 50.1 Å². The molecule has 2 unspecified atom stereocenters. The number of carbonyl (C=O) groups excluding carboxylic acids is 6. The van der Waals surface area contributed by atoms with Crippen molar-refractivity contribution < 1.29 is 38.2 Å². The molecular formula is C49H62N6O8. The molecular weight excluding hydrogens is 801 g/mol. The number of hydrogen-bond acceptors (Lipinski definition) is 8. The predicted molar refractivity (Wildman–Crippen MR) is 241 cm³/mol. The number of ether oxygens (including phenoxy) is 2. The molecule has 14 nitrogen and oxygen atoms in total. The lowest BCUT2D eigenvalue weighted by molar-refractivity contribution is -0.139. The summed E-state index contributed by atoms with van der Waals surface area (Å²) in [6.45, 7) is 8.26. The zero-order valence-corrected chi connectivity index (χ0v) is 37.4. The molecule has 2 saturated heterocycles. The lowest BCUT2D eigenvalue weighted by Crippen LogP contribution is -2.54. The van der Waals surface area contributed by atoms with Gasteiger partial charge in [-0.25, -0.2) is 9.59 Å². The number of benzene rings is 3. The Bertz CT molecular complexity index is 2050. The van der Waals surface area contributed by atoms with Crippen LogP contribution in [0.2, 0.25) is 0 Å². The van der Waals surface area contributed by atoms with Crippen LogP contribution in [0.4, 0.5) is 21.0 Å². The van der Waals surface area contributed by atoms with Gasteiger partial charge in [0.15, 0.2) is 0 Å². The van der Waals surface area contributed by atoms with Crippen LogP contribution in [-0.2, 0) is 41.5 Å². The molecule has 2 heterocycles. The van der Waals surface area contributed by atoms with E-state index < -0.39 is 36.4 Å².